The van der Waals surface area contributed by atoms with Crippen molar-refractivity contribution >= 4 is 0 Å². The molecule has 4 nitrogen and oxygen atoms in total. The quantitative estimate of drug-likeness (QED) is 0.467. The summed E-state index contributed by atoms with van der Waals surface area (Å²) in [4.78, 5) is 0. The molecule has 0 saturated carbocycles. The average molecular weight is 276 g/mol. The molecule has 0 rings (SSSR count). The first kappa shape index (κ1) is 18.8. The molecule has 0 spiro atoms. The van der Waals surface area contributed by atoms with E-state index < -0.39 is 0 Å². The zero-order chi connectivity index (χ0) is 14.2. The van der Waals surface area contributed by atoms with Gasteiger partial charge >= 0.3 is 0 Å². The van der Waals surface area contributed by atoms with Crippen LogP contribution in [0.15, 0.2) is 0 Å². The van der Waals surface area contributed by atoms with Gasteiger partial charge in [-0.1, -0.05) is 39.5 Å². The first-order valence-corrected chi connectivity index (χ1v) is 7.65. The van der Waals surface area contributed by atoms with Gasteiger partial charge in [-0.2, -0.15) is 0 Å². The van der Waals surface area contributed by atoms with Crippen LogP contribution < -0.4 is 0 Å². The second-order valence-corrected chi connectivity index (χ2v) is 4.92. The molecule has 0 aliphatic heterocycles. The van der Waals surface area contributed by atoms with Gasteiger partial charge in [0.05, 0.1) is 39.6 Å². The highest BCUT2D eigenvalue weighted by atomic mass is 16.5. The Bertz CT molecular complexity index is 164. The highest BCUT2D eigenvalue weighted by Crippen LogP contribution is 2.11. The van der Waals surface area contributed by atoms with Gasteiger partial charge in [-0.05, 0) is 12.3 Å². The number of rotatable bonds is 15. The summed E-state index contributed by atoms with van der Waals surface area (Å²) < 4.78 is 15.9. The number of hydrogen-bond acceptors (Lipinski definition) is 4. The van der Waals surface area contributed by atoms with Crippen LogP contribution in [0.5, 0.6) is 0 Å². The maximum atomic E-state index is 8.49. The molecule has 116 valence electrons. The van der Waals surface area contributed by atoms with Crippen LogP contribution in [0, 0.1) is 5.92 Å². The Labute approximate surface area is 118 Å². The first-order chi connectivity index (χ1) is 9.31. The zero-order valence-electron chi connectivity index (χ0n) is 12.7. The third-order valence-electron chi connectivity index (χ3n) is 3.16. The standard InChI is InChI=1S/C15H32O4/c1-3-15(2)7-5-4-6-9-17-11-13-19-14-12-18-10-8-16/h15-16H,3-14H2,1-2H3. The molecular formula is C15H32O4. The van der Waals surface area contributed by atoms with Crippen molar-refractivity contribution in [2.24, 2.45) is 5.92 Å². The molecule has 0 bridgehead atoms. The van der Waals surface area contributed by atoms with Crippen LogP contribution in [0.4, 0.5) is 0 Å². The Morgan fingerprint density at radius 3 is 1.95 bits per heavy atom. The summed E-state index contributed by atoms with van der Waals surface area (Å²) in [6.45, 7) is 8.25. The second-order valence-electron chi connectivity index (χ2n) is 4.92. The van der Waals surface area contributed by atoms with Gasteiger partial charge < -0.3 is 19.3 Å². The Morgan fingerprint density at radius 2 is 1.37 bits per heavy atom. The van der Waals surface area contributed by atoms with Crippen molar-refractivity contribution in [2.45, 2.75) is 46.0 Å². The van der Waals surface area contributed by atoms with Crippen molar-refractivity contribution in [1.82, 2.24) is 0 Å². The summed E-state index contributed by atoms with van der Waals surface area (Å²) in [6.07, 6.45) is 6.36. The van der Waals surface area contributed by atoms with Crippen LogP contribution in [0.1, 0.15) is 46.0 Å². The first-order valence-electron chi connectivity index (χ1n) is 7.65. The Morgan fingerprint density at radius 1 is 0.789 bits per heavy atom. The summed E-state index contributed by atoms with van der Waals surface area (Å²) >= 11 is 0. The van der Waals surface area contributed by atoms with E-state index in [0.717, 1.165) is 18.9 Å². The van der Waals surface area contributed by atoms with E-state index in [1.165, 1.54) is 25.7 Å². The molecular weight excluding hydrogens is 244 g/mol. The summed E-state index contributed by atoms with van der Waals surface area (Å²) in [5.74, 6) is 0.863. The molecule has 0 heterocycles. The molecule has 0 amide bonds. The van der Waals surface area contributed by atoms with Crippen LogP contribution in [0.25, 0.3) is 0 Å². The highest BCUT2D eigenvalue weighted by Gasteiger charge is 1.98. The molecule has 1 N–H and O–H groups in total. The van der Waals surface area contributed by atoms with Crippen molar-refractivity contribution in [1.29, 1.82) is 0 Å². The molecule has 0 radical (unpaired) electrons. The molecule has 4 heteroatoms. The minimum Gasteiger partial charge on any atom is -0.394 e. The topological polar surface area (TPSA) is 47.9 Å². The van der Waals surface area contributed by atoms with E-state index in [1.54, 1.807) is 0 Å². The summed E-state index contributed by atoms with van der Waals surface area (Å²) in [5, 5.41) is 8.49. The van der Waals surface area contributed by atoms with Gasteiger partial charge in [-0.25, -0.2) is 0 Å². The Hall–Kier alpha value is -0.160. The minimum atomic E-state index is 0.0696. The maximum absolute atomic E-state index is 8.49. The SMILES string of the molecule is CCC(C)CCCCCOCCOCCOCCO. The normalized spacial score (nSPS) is 12.8. The molecule has 0 fully saturated rings. The van der Waals surface area contributed by atoms with E-state index >= 15 is 0 Å². The van der Waals surface area contributed by atoms with E-state index in [1.807, 2.05) is 0 Å². The van der Waals surface area contributed by atoms with Crippen LogP contribution in [-0.4, -0.2) is 51.4 Å². The summed E-state index contributed by atoms with van der Waals surface area (Å²) in [7, 11) is 0. The Kier molecular flexibility index (Phi) is 15.8. The zero-order valence-corrected chi connectivity index (χ0v) is 12.7. The van der Waals surface area contributed by atoms with Gasteiger partial charge in [0.1, 0.15) is 0 Å². The van der Waals surface area contributed by atoms with E-state index in [2.05, 4.69) is 13.8 Å². The van der Waals surface area contributed by atoms with E-state index in [0.29, 0.717) is 33.0 Å². The average Bonchev–Trinajstić information content (AvgIpc) is 2.43. The van der Waals surface area contributed by atoms with Gasteiger partial charge in [0.2, 0.25) is 0 Å². The third-order valence-corrected chi connectivity index (χ3v) is 3.16. The summed E-state index contributed by atoms with van der Waals surface area (Å²) in [6, 6.07) is 0. The summed E-state index contributed by atoms with van der Waals surface area (Å²) in [5.41, 5.74) is 0. The largest absolute Gasteiger partial charge is 0.394 e. The van der Waals surface area contributed by atoms with Gasteiger partial charge in [-0.15, -0.1) is 0 Å². The molecule has 0 aromatic rings. The van der Waals surface area contributed by atoms with Gasteiger partial charge in [0, 0.05) is 6.61 Å². The van der Waals surface area contributed by atoms with Crippen molar-refractivity contribution in [2.75, 3.05) is 46.2 Å². The van der Waals surface area contributed by atoms with E-state index in [9.17, 15) is 0 Å². The van der Waals surface area contributed by atoms with Gasteiger partial charge in [0.15, 0.2) is 0 Å². The van der Waals surface area contributed by atoms with Crippen molar-refractivity contribution in [3.05, 3.63) is 0 Å². The van der Waals surface area contributed by atoms with E-state index in [-0.39, 0.29) is 6.61 Å². The smallest absolute Gasteiger partial charge is 0.0701 e. The highest BCUT2D eigenvalue weighted by molar-refractivity contribution is 4.50. The fourth-order valence-corrected chi connectivity index (χ4v) is 1.68. The Balaban J connectivity index is 2.95. The fraction of sp³-hybridized carbons (Fsp3) is 1.00. The van der Waals surface area contributed by atoms with Crippen molar-refractivity contribution in [3.8, 4) is 0 Å². The molecule has 0 aromatic heterocycles. The molecule has 0 saturated heterocycles. The second kappa shape index (κ2) is 15.9. The number of hydrogen-bond donors (Lipinski definition) is 1. The molecule has 1 unspecified atom stereocenters. The predicted octanol–water partition coefficient (Wildman–Crippen LogP) is 2.64. The monoisotopic (exact) mass is 276 g/mol. The van der Waals surface area contributed by atoms with Crippen molar-refractivity contribution in [3.63, 3.8) is 0 Å². The number of ether oxygens (including phenoxy) is 3. The lowest BCUT2D eigenvalue weighted by Gasteiger charge is -2.08. The fourth-order valence-electron chi connectivity index (χ4n) is 1.68. The number of aliphatic hydroxyl groups is 1. The van der Waals surface area contributed by atoms with Gasteiger partial charge in [-0.3, -0.25) is 0 Å². The van der Waals surface area contributed by atoms with Crippen LogP contribution in [0.3, 0.4) is 0 Å². The van der Waals surface area contributed by atoms with Gasteiger partial charge in [0.25, 0.3) is 0 Å². The van der Waals surface area contributed by atoms with E-state index in [4.69, 9.17) is 19.3 Å². The van der Waals surface area contributed by atoms with Crippen LogP contribution in [-0.2, 0) is 14.2 Å². The third kappa shape index (κ3) is 15.8. The lowest BCUT2D eigenvalue weighted by atomic mass is 10.0. The maximum Gasteiger partial charge on any atom is 0.0701 e. The number of aliphatic hydroxyl groups excluding tert-OH is 1. The molecule has 0 aliphatic carbocycles. The van der Waals surface area contributed by atoms with Crippen LogP contribution >= 0.6 is 0 Å². The molecule has 19 heavy (non-hydrogen) atoms. The minimum absolute atomic E-state index is 0.0696. The lowest BCUT2D eigenvalue weighted by molar-refractivity contribution is 0.00718. The molecule has 0 aromatic carbocycles. The van der Waals surface area contributed by atoms with Crippen LogP contribution in [0.2, 0.25) is 0 Å². The predicted molar refractivity (Wildman–Crippen MR) is 77.5 cm³/mol. The molecule has 0 aliphatic rings. The van der Waals surface area contributed by atoms with Crippen molar-refractivity contribution < 1.29 is 19.3 Å². The molecule has 1 atom stereocenters. The number of unbranched alkanes of at least 4 members (excludes halogenated alkanes) is 2. The lowest BCUT2D eigenvalue weighted by Crippen LogP contribution is -2.11.